The van der Waals surface area contributed by atoms with Crippen LogP contribution in [0, 0.1) is 0 Å². The second-order valence-electron chi connectivity index (χ2n) is 9.60. The molecule has 200 valence electrons. The first-order chi connectivity index (χ1) is 17.4. The van der Waals surface area contributed by atoms with Crippen LogP contribution in [0.25, 0.3) is 16.8 Å². The summed E-state index contributed by atoms with van der Waals surface area (Å²) in [7, 11) is 1.46. The number of alkyl carbamates (subject to hydrolysis) is 1. The average Bonchev–Trinajstić information content (AvgIpc) is 3.26. The van der Waals surface area contributed by atoms with Gasteiger partial charge >= 0.3 is 6.09 Å². The summed E-state index contributed by atoms with van der Waals surface area (Å²) >= 11 is 1.31. The van der Waals surface area contributed by atoms with Crippen molar-refractivity contribution in [3.8, 4) is 11.3 Å². The summed E-state index contributed by atoms with van der Waals surface area (Å²) in [6.45, 7) is 13.4. The van der Waals surface area contributed by atoms with E-state index in [1.54, 1.807) is 20.8 Å². The number of anilines is 1. The lowest BCUT2D eigenvalue weighted by Crippen LogP contribution is -2.48. The van der Waals surface area contributed by atoms with Crippen LogP contribution in [0.3, 0.4) is 0 Å². The lowest BCUT2D eigenvalue weighted by Gasteiger charge is -2.22. The van der Waals surface area contributed by atoms with Gasteiger partial charge in [-0.3, -0.25) is 9.79 Å². The molecule has 2 aromatic rings. The normalized spacial score (nSPS) is 13.8. The van der Waals surface area contributed by atoms with Gasteiger partial charge in [-0.05, 0) is 71.2 Å². The number of rotatable bonds is 10. The molecule has 37 heavy (non-hydrogen) atoms. The molecule has 2 rings (SSSR count). The van der Waals surface area contributed by atoms with Gasteiger partial charge in [-0.25, -0.2) is 9.78 Å². The van der Waals surface area contributed by atoms with Crippen LogP contribution in [0.1, 0.15) is 60.5 Å². The molecular weight excluding hydrogens is 488 g/mol. The molecule has 9 heteroatoms. The van der Waals surface area contributed by atoms with Crippen LogP contribution >= 0.6 is 11.3 Å². The second-order valence-corrected chi connectivity index (χ2v) is 10.5. The largest absolute Gasteiger partial charge is 0.444 e. The quantitative estimate of drug-likeness (QED) is 0.346. The van der Waals surface area contributed by atoms with Crippen molar-refractivity contribution in [3.05, 3.63) is 53.1 Å². The summed E-state index contributed by atoms with van der Waals surface area (Å²) in [5, 5.41) is 7.61. The third-order valence-electron chi connectivity index (χ3n) is 4.97. The number of nitrogens with one attached hydrogen (secondary N) is 2. The minimum absolute atomic E-state index is 0.00650. The number of carbonyl (C=O) groups excluding carboxylic acids is 2. The molecule has 0 fully saturated rings. The minimum atomic E-state index is -0.927. The van der Waals surface area contributed by atoms with Gasteiger partial charge in [-0.15, -0.1) is 11.3 Å². The van der Waals surface area contributed by atoms with Crippen LogP contribution in [0.2, 0.25) is 0 Å². The van der Waals surface area contributed by atoms with Gasteiger partial charge in [-0.1, -0.05) is 31.2 Å². The van der Waals surface area contributed by atoms with Crippen LogP contribution in [0.15, 0.2) is 52.5 Å². The van der Waals surface area contributed by atoms with Crippen molar-refractivity contribution in [3.63, 3.8) is 0 Å². The maximum atomic E-state index is 12.8. The van der Waals surface area contributed by atoms with Crippen molar-refractivity contribution in [2.45, 2.75) is 66.5 Å². The molecular formula is C28H38N4O4S. The van der Waals surface area contributed by atoms with E-state index < -0.39 is 23.6 Å². The molecule has 1 aromatic heterocycles. The summed E-state index contributed by atoms with van der Waals surface area (Å²) in [5.41, 5.74) is 5.08. The Morgan fingerprint density at radius 1 is 1.22 bits per heavy atom. The second kappa shape index (κ2) is 13.9. The summed E-state index contributed by atoms with van der Waals surface area (Å²) in [6.07, 6.45) is 4.42. The maximum Gasteiger partial charge on any atom is 0.408 e. The van der Waals surface area contributed by atoms with E-state index >= 15 is 0 Å². The molecule has 2 N–H and O–H groups in total. The highest BCUT2D eigenvalue weighted by Gasteiger charge is 2.25. The van der Waals surface area contributed by atoms with Crippen molar-refractivity contribution >= 4 is 39.8 Å². The highest BCUT2D eigenvalue weighted by Crippen LogP contribution is 2.27. The standard InChI is InChI=1S/C28H38N4O4S/c1-9-11-19(3)29-20(4)14-18(2)21-12-10-13-22(15-21)24-17-37-26(30-24)32-25(33)23(16-35-8)31-27(34)36-28(5,6)7/h10-15,17,23H,9,16H2,1-8H3,(H,31,34)(H,30,32,33)/b18-14+,19-11+,29-20+. The smallest absolute Gasteiger partial charge is 0.408 e. The van der Waals surface area contributed by atoms with E-state index in [0.29, 0.717) is 5.13 Å². The number of ether oxygens (including phenoxy) is 2. The number of thiazole rings is 1. The van der Waals surface area contributed by atoms with Gasteiger partial charge in [0.15, 0.2) is 5.13 Å². The minimum Gasteiger partial charge on any atom is -0.444 e. The fraction of sp³-hybridized carbons (Fsp3) is 0.429. The monoisotopic (exact) mass is 526 g/mol. The fourth-order valence-electron chi connectivity index (χ4n) is 3.43. The molecule has 1 heterocycles. The summed E-state index contributed by atoms with van der Waals surface area (Å²) in [4.78, 5) is 34.1. The summed E-state index contributed by atoms with van der Waals surface area (Å²) in [5.74, 6) is -0.441. The number of hydrogen-bond donors (Lipinski definition) is 2. The number of benzene rings is 1. The highest BCUT2D eigenvalue weighted by atomic mass is 32.1. The summed E-state index contributed by atoms with van der Waals surface area (Å²) < 4.78 is 10.3. The zero-order valence-electron chi connectivity index (χ0n) is 23.0. The molecule has 0 radical (unpaired) electrons. The van der Waals surface area contributed by atoms with Crippen LogP contribution in [-0.4, -0.2) is 48.1 Å². The van der Waals surface area contributed by atoms with Gasteiger partial charge < -0.3 is 20.1 Å². The SMILES string of the molecule is CC/C=C(C)/N=C(C)/C=C(\C)c1cccc(-c2csc(NC(=O)C(COC)NC(=O)OC(C)(C)C)n2)c1. The Hall–Kier alpha value is -3.30. The first kappa shape index (κ1) is 29.9. The first-order valence-corrected chi connectivity index (χ1v) is 13.1. The molecule has 0 spiro atoms. The third-order valence-corrected chi connectivity index (χ3v) is 5.72. The van der Waals surface area contributed by atoms with Crippen LogP contribution < -0.4 is 10.6 Å². The van der Waals surface area contributed by atoms with Crippen LogP contribution in [0.5, 0.6) is 0 Å². The number of amides is 2. The van der Waals surface area contributed by atoms with E-state index in [2.05, 4.69) is 52.7 Å². The van der Waals surface area contributed by atoms with E-state index in [1.165, 1.54) is 18.4 Å². The van der Waals surface area contributed by atoms with Gasteiger partial charge in [0.05, 0.1) is 12.3 Å². The Morgan fingerprint density at radius 3 is 2.59 bits per heavy atom. The van der Waals surface area contributed by atoms with Gasteiger partial charge in [0.1, 0.15) is 11.6 Å². The average molecular weight is 527 g/mol. The van der Waals surface area contributed by atoms with E-state index in [-0.39, 0.29) is 6.61 Å². The van der Waals surface area contributed by atoms with Gasteiger partial charge in [0, 0.05) is 29.5 Å². The predicted molar refractivity (Wildman–Crippen MR) is 152 cm³/mol. The Morgan fingerprint density at radius 2 is 1.95 bits per heavy atom. The third kappa shape index (κ3) is 10.3. The number of carbonyl (C=O) groups is 2. The molecule has 0 bridgehead atoms. The molecule has 1 aromatic carbocycles. The molecule has 0 aliphatic rings. The van der Waals surface area contributed by atoms with E-state index in [4.69, 9.17) is 9.47 Å². The topological polar surface area (TPSA) is 102 Å². The number of allylic oxidation sites excluding steroid dienone is 4. The number of aliphatic imine (C=N–C) groups is 1. The van der Waals surface area contributed by atoms with Crippen molar-refractivity contribution in [1.82, 2.24) is 10.3 Å². The molecule has 0 aliphatic carbocycles. The zero-order chi connectivity index (χ0) is 27.6. The number of hydrogen-bond acceptors (Lipinski definition) is 7. The Labute approximate surface area is 223 Å². The van der Waals surface area contributed by atoms with Crippen molar-refractivity contribution in [2.75, 3.05) is 19.0 Å². The van der Waals surface area contributed by atoms with Crippen LogP contribution in [-0.2, 0) is 14.3 Å². The lowest BCUT2D eigenvalue weighted by atomic mass is 10.0. The molecule has 1 atom stereocenters. The van der Waals surface area contributed by atoms with Crippen molar-refractivity contribution < 1.29 is 19.1 Å². The Bertz CT molecular complexity index is 1170. The Balaban J connectivity index is 2.15. The molecule has 8 nitrogen and oxygen atoms in total. The molecule has 0 aliphatic heterocycles. The van der Waals surface area contributed by atoms with E-state index in [1.807, 2.05) is 37.4 Å². The fourth-order valence-corrected chi connectivity index (χ4v) is 4.15. The highest BCUT2D eigenvalue weighted by molar-refractivity contribution is 7.14. The predicted octanol–water partition coefficient (Wildman–Crippen LogP) is 6.47. The van der Waals surface area contributed by atoms with Gasteiger partial charge in [0.25, 0.3) is 5.91 Å². The first-order valence-electron chi connectivity index (χ1n) is 12.2. The van der Waals surface area contributed by atoms with Gasteiger partial charge in [-0.2, -0.15) is 0 Å². The molecule has 0 saturated heterocycles. The molecule has 0 saturated carbocycles. The van der Waals surface area contributed by atoms with Crippen molar-refractivity contribution in [2.24, 2.45) is 4.99 Å². The Kier molecular flexibility index (Phi) is 11.2. The number of aromatic nitrogens is 1. The zero-order valence-corrected chi connectivity index (χ0v) is 23.8. The summed E-state index contributed by atoms with van der Waals surface area (Å²) in [6, 6.07) is 7.14. The number of methoxy groups -OCH3 is 1. The van der Waals surface area contributed by atoms with Gasteiger partial charge in [0.2, 0.25) is 0 Å². The van der Waals surface area contributed by atoms with E-state index in [9.17, 15) is 9.59 Å². The number of nitrogens with zero attached hydrogens (tertiary/aromatic N) is 2. The van der Waals surface area contributed by atoms with Crippen LogP contribution in [0.4, 0.5) is 9.93 Å². The molecule has 2 amide bonds. The van der Waals surface area contributed by atoms with E-state index in [0.717, 1.165) is 40.2 Å². The maximum absolute atomic E-state index is 12.8. The molecule has 1 unspecified atom stereocenters. The lowest BCUT2D eigenvalue weighted by molar-refractivity contribution is -0.119. The van der Waals surface area contributed by atoms with Crippen molar-refractivity contribution in [1.29, 1.82) is 0 Å².